The van der Waals surface area contributed by atoms with Crippen molar-refractivity contribution >= 4 is 34.0 Å². The van der Waals surface area contributed by atoms with Gasteiger partial charge in [-0.15, -0.1) is 10.2 Å². The lowest BCUT2D eigenvalue weighted by molar-refractivity contribution is 0.102. The number of hydrogen-bond acceptors (Lipinski definition) is 5. The minimum atomic E-state index is -0.251. The van der Waals surface area contributed by atoms with Crippen molar-refractivity contribution in [2.45, 2.75) is 19.8 Å². The molecule has 6 nitrogen and oxygen atoms in total. The van der Waals surface area contributed by atoms with Gasteiger partial charge in [-0.3, -0.25) is 10.1 Å². The van der Waals surface area contributed by atoms with Gasteiger partial charge in [0.1, 0.15) is 5.51 Å². The number of nitrogens with one attached hydrogen (secondary N) is 1. The summed E-state index contributed by atoms with van der Waals surface area (Å²) in [6.07, 6.45) is 1.56. The van der Waals surface area contributed by atoms with Crippen molar-refractivity contribution < 1.29 is 4.79 Å². The summed E-state index contributed by atoms with van der Waals surface area (Å²) in [4.78, 5) is 12.5. The molecule has 0 radical (unpaired) electrons. The van der Waals surface area contributed by atoms with E-state index in [0.29, 0.717) is 15.7 Å². The van der Waals surface area contributed by atoms with E-state index in [4.69, 9.17) is 11.6 Å². The van der Waals surface area contributed by atoms with Gasteiger partial charge in [0, 0.05) is 5.02 Å². The van der Waals surface area contributed by atoms with E-state index in [1.54, 1.807) is 22.5 Å². The fraction of sp³-hybridized carbons (Fsp3) is 0.200. The molecule has 8 heteroatoms. The van der Waals surface area contributed by atoms with Crippen molar-refractivity contribution in [2.75, 3.05) is 5.32 Å². The molecule has 2 heterocycles. The Labute approximate surface area is 142 Å². The van der Waals surface area contributed by atoms with Crippen LogP contribution in [0.25, 0.3) is 5.69 Å². The van der Waals surface area contributed by atoms with Gasteiger partial charge in [0.15, 0.2) is 0 Å². The first kappa shape index (κ1) is 15.6. The van der Waals surface area contributed by atoms with E-state index >= 15 is 0 Å². The van der Waals surface area contributed by atoms with Gasteiger partial charge in [-0.2, -0.15) is 5.10 Å². The second-order valence-corrected chi connectivity index (χ2v) is 6.46. The average Bonchev–Trinajstić information content (AvgIpc) is 3.15. The standard InChI is InChI=1S/C15H14ClN5OS/c1-9(2)13-12(14(22)19-15-20-17-8-23-15)7-18-21(13)11-5-3-4-10(16)6-11/h3-9H,1-2H3,(H,19,20,22). The molecule has 0 aliphatic rings. The number of amides is 1. The monoisotopic (exact) mass is 347 g/mol. The molecule has 0 unspecified atom stereocenters. The number of nitrogens with zero attached hydrogens (tertiary/aromatic N) is 4. The Morgan fingerprint density at radius 1 is 1.39 bits per heavy atom. The van der Waals surface area contributed by atoms with Crippen molar-refractivity contribution in [1.82, 2.24) is 20.0 Å². The van der Waals surface area contributed by atoms with Gasteiger partial charge < -0.3 is 0 Å². The fourth-order valence-electron chi connectivity index (χ4n) is 2.29. The molecule has 3 aromatic rings. The van der Waals surface area contributed by atoms with Crippen molar-refractivity contribution in [1.29, 1.82) is 0 Å². The number of hydrogen-bond donors (Lipinski definition) is 1. The molecule has 0 aliphatic heterocycles. The molecule has 0 spiro atoms. The van der Waals surface area contributed by atoms with E-state index in [-0.39, 0.29) is 11.8 Å². The van der Waals surface area contributed by atoms with Crippen molar-refractivity contribution in [3.8, 4) is 5.69 Å². The van der Waals surface area contributed by atoms with Crippen LogP contribution in [-0.4, -0.2) is 25.9 Å². The third-order valence-corrected chi connectivity index (χ3v) is 4.07. The fourth-order valence-corrected chi connectivity index (χ4v) is 2.92. The topological polar surface area (TPSA) is 72.7 Å². The number of anilines is 1. The van der Waals surface area contributed by atoms with Crippen LogP contribution in [0.2, 0.25) is 5.02 Å². The summed E-state index contributed by atoms with van der Waals surface area (Å²) < 4.78 is 1.74. The molecule has 23 heavy (non-hydrogen) atoms. The van der Waals surface area contributed by atoms with Gasteiger partial charge in [0.2, 0.25) is 5.13 Å². The predicted molar refractivity (Wildman–Crippen MR) is 90.5 cm³/mol. The highest BCUT2D eigenvalue weighted by molar-refractivity contribution is 7.13. The molecular formula is C15H14ClN5OS. The maximum Gasteiger partial charge on any atom is 0.260 e. The quantitative estimate of drug-likeness (QED) is 0.780. The van der Waals surface area contributed by atoms with Gasteiger partial charge in [-0.1, -0.05) is 42.9 Å². The second-order valence-electron chi connectivity index (χ2n) is 5.19. The normalized spacial score (nSPS) is 11.0. The van der Waals surface area contributed by atoms with Gasteiger partial charge in [-0.25, -0.2) is 4.68 Å². The van der Waals surface area contributed by atoms with Crippen LogP contribution in [0.1, 0.15) is 35.8 Å². The second kappa shape index (κ2) is 6.47. The highest BCUT2D eigenvalue weighted by Gasteiger charge is 2.21. The number of aromatic nitrogens is 4. The maximum absolute atomic E-state index is 12.5. The van der Waals surface area contributed by atoms with E-state index < -0.39 is 0 Å². The van der Waals surface area contributed by atoms with Gasteiger partial charge in [0.25, 0.3) is 5.91 Å². The zero-order chi connectivity index (χ0) is 16.4. The average molecular weight is 348 g/mol. The summed E-state index contributed by atoms with van der Waals surface area (Å²) in [7, 11) is 0. The molecule has 118 valence electrons. The molecular weight excluding hydrogens is 334 g/mol. The largest absolute Gasteiger partial charge is 0.296 e. The minimum Gasteiger partial charge on any atom is -0.296 e. The molecule has 0 aliphatic carbocycles. The van der Waals surface area contributed by atoms with Crippen LogP contribution in [0.15, 0.2) is 36.0 Å². The maximum atomic E-state index is 12.5. The Morgan fingerprint density at radius 2 is 2.22 bits per heavy atom. The summed E-state index contributed by atoms with van der Waals surface area (Å²) in [5, 5.41) is 15.7. The molecule has 0 saturated heterocycles. The molecule has 2 aromatic heterocycles. The lowest BCUT2D eigenvalue weighted by Gasteiger charge is -2.12. The smallest absolute Gasteiger partial charge is 0.260 e. The summed E-state index contributed by atoms with van der Waals surface area (Å²) >= 11 is 7.32. The third-order valence-electron chi connectivity index (χ3n) is 3.23. The number of halogens is 1. The summed E-state index contributed by atoms with van der Waals surface area (Å²) in [6, 6.07) is 7.36. The van der Waals surface area contributed by atoms with Crippen molar-refractivity contribution in [3.05, 3.63) is 52.3 Å². The van der Waals surface area contributed by atoms with E-state index in [0.717, 1.165) is 11.4 Å². The summed E-state index contributed by atoms with van der Waals surface area (Å²) in [6.45, 7) is 4.03. The van der Waals surface area contributed by atoms with E-state index in [1.807, 2.05) is 32.0 Å². The first-order chi connectivity index (χ1) is 11.1. The van der Waals surface area contributed by atoms with Crippen molar-refractivity contribution in [3.63, 3.8) is 0 Å². The number of benzene rings is 1. The summed E-state index contributed by atoms with van der Waals surface area (Å²) in [5.41, 5.74) is 3.70. The van der Waals surface area contributed by atoms with Crippen LogP contribution >= 0.6 is 22.9 Å². The lowest BCUT2D eigenvalue weighted by atomic mass is 10.1. The molecule has 0 fully saturated rings. The molecule has 3 rings (SSSR count). The zero-order valence-electron chi connectivity index (χ0n) is 12.5. The first-order valence-electron chi connectivity index (χ1n) is 6.97. The van der Waals surface area contributed by atoms with Gasteiger partial charge in [0.05, 0.1) is 23.1 Å². The van der Waals surface area contributed by atoms with Crippen molar-refractivity contribution in [2.24, 2.45) is 0 Å². The van der Waals surface area contributed by atoms with E-state index in [9.17, 15) is 4.79 Å². The van der Waals surface area contributed by atoms with E-state index in [1.165, 1.54) is 11.3 Å². The van der Waals surface area contributed by atoms with Crippen LogP contribution in [0, 0.1) is 0 Å². The first-order valence-corrected chi connectivity index (χ1v) is 8.23. The van der Waals surface area contributed by atoms with E-state index in [2.05, 4.69) is 20.6 Å². The summed E-state index contributed by atoms with van der Waals surface area (Å²) in [5.74, 6) is -0.148. The Balaban J connectivity index is 2.00. The SMILES string of the molecule is CC(C)c1c(C(=O)Nc2nncs2)cnn1-c1cccc(Cl)c1. The Kier molecular flexibility index (Phi) is 4.40. The highest BCUT2D eigenvalue weighted by atomic mass is 35.5. The Morgan fingerprint density at radius 3 is 2.87 bits per heavy atom. The Hall–Kier alpha value is -2.25. The third kappa shape index (κ3) is 3.25. The number of carbonyl (C=O) groups excluding carboxylic acids is 1. The number of carbonyl (C=O) groups is 1. The minimum absolute atomic E-state index is 0.103. The molecule has 1 amide bonds. The van der Waals surface area contributed by atoms with Crippen LogP contribution in [0.5, 0.6) is 0 Å². The predicted octanol–water partition coefficient (Wildman–Crippen LogP) is 3.75. The van der Waals surface area contributed by atoms with Gasteiger partial charge in [-0.05, 0) is 24.1 Å². The van der Waals surface area contributed by atoms with Crippen LogP contribution in [0.4, 0.5) is 5.13 Å². The molecule has 0 bridgehead atoms. The Bertz CT molecular complexity index is 828. The molecule has 0 atom stereocenters. The van der Waals surface area contributed by atoms with Gasteiger partial charge >= 0.3 is 0 Å². The zero-order valence-corrected chi connectivity index (χ0v) is 14.1. The van der Waals surface area contributed by atoms with Crippen LogP contribution < -0.4 is 5.32 Å². The van der Waals surface area contributed by atoms with Crippen LogP contribution in [-0.2, 0) is 0 Å². The molecule has 0 saturated carbocycles. The van der Waals surface area contributed by atoms with Crippen LogP contribution in [0.3, 0.4) is 0 Å². The molecule has 1 aromatic carbocycles. The highest BCUT2D eigenvalue weighted by Crippen LogP contribution is 2.25. The molecule has 1 N–H and O–H groups in total. The number of rotatable bonds is 4. The lowest BCUT2D eigenvalue weighted by Crippen LogP contribution is -2.15.